The number of aliphatic hydroxyl groups is 1. The number of carbonyl (C=O) groups excluding carboxylic acids is 1. The van der Waals surface area contributed by atoms with Crippen LogP contribution in [0.5, 0.6) is 5.75 Å². The number of aryl methyl sites for hydroxylation is 1. The Morgan fingerprint density at radius 2 is 2.21 bits per heavy atom. The molecule has 0 spiro atoms. The number of amides is 1. The van der Waals surface area contributed by atoms with Crippen molar-refractivity contribution in [3.05, 3.63) is 47.5 Å². The van der Waals surface area contributed by atoms with Crippen LogP contribution in [0.3, 0.4) is 0 Å². The Hall–Kier alpha value is -2.42. The van der Waals surface area contributed by atoms with Crippen molar-refractivity contribution in [2.24, 2.45) is 0 Å². The van der Waals surface area contributed by atoms with Gasteiger partial charge >= 0.3 is 0 Å². The van der Waals surface area contributed by atoms with Crippen LogP contribution in [0.15, 0.2) is 30.5 Å². The number of imidazole rings is 1. The van der Waals surface area contributed by atoms with E-state index in [9.17, 15) is 9.90 Å². The van der Waals surface area contributed by atoms with Gasteiger partial charge in [-0.25, -0.2) is 4.98 Å². The van der Waals surface area contributed by atoms with Gasteiger partial charge in [-0.2, -0.15) is 0 Å². The van der Waals surface area contributed by atoms with Gasteiger partial charge in [-0.05, 0) is 37.5 Å². The number of nitrogens with zero attached hydrogens (tertiary/aromatic N) is 2. The Bertz CT molecular complexity index is 756. The maximum Gasteiger partial charge on any atom is 0.258 e. The minimum atomic E-state index is -0.145. The summed E-state index contributed by atoms with van der Waals surface area (Å²) >= 11 is 0. The van der Waals surface area contributed by atoms with E-state index in [2.05, 4.69) is 20.2 Å². The number of nitrogens with one attached hydrogen (secondary N) is 2. The molecule has 1 aromatic carbocycles. The van der Waals surface area contributed by atoms with Gasteiger partial charge in [-0.15, -0.1) is 0 Å². The van der Waals surface area contributed by atoms with Crippen molar-refractivity contribution in [3.8, 4) is 5.75 Å². The SMILES string of the molecule is Cc1ncc(CN(CCO)Cc2ccc(OCC(=O)NCC3CCCO3)cc2)[nH]1. The van der Waals surface area contributed by atoms with Crippen molar-refractivity contribution in [1.82, 2.24) is 20.2 Å². The molecule has 29 heavy (non-hydrogen) atoms. The fourth-order valence-corrected chi connectivity index (χ4v) is 3.33. The first-order chi connectivity index (χ1) is 14.1. The Kier molecular flexibility index (Phi) is 8.03. The molecule has 0 saturated carbocycles. The van der Waals surface area contributed by atoms with Gasteiger partial charge in [0.25, 0.3) is 5.91 Å². The lowest BCUT2D eigenvalue weighted by Crippen LogP contribution is -2.35. The molecule has 1 fully saturated rings. The van der Waals surface area contributed by atoms with E-state index in [1.807, 2.05) is 37.4 Å². The zero-order chi connectivity index (χ0) is 20.5. The smallest absolute Gasteiger partial charge is 0.258 e. The second-order valence-corrected chi connectivity index (χ2v) is 7.30. The summed E-state index contributed by atoms with van der Waals surface area (Å²) in [7, 11) is 0. The van der Waals surface area contributed by atoms with E-state index in [1.165, 1.54) is 0 Å². The number of hydrogen-bond donors (Lipinski definition) is 3. The van der Waals surface area contributed by atoms with Gasteiger partial charge in [-0.3, -0.25) is 9.69 Å². The molecule has 1 aliphatic heterocycles. The molecule has 1 saturated heterocycles. The molecule has 2 heterocycles. The molecule has 1 aromatic heterocycles. The first-order valence-electron chi connectivity index (χ1n) is 10.1. The van der Waals surface area contributed by atoms with E-state index in [0.717, 1.165) is 36.5 Å². The Balaban J connectivity index is 1.43. The van der Waals surface area contributed by atoms with Crippen molar-refractivity contribution < 1.29 is 19.4 Å². The minimum absolute atomic E-state index is 0.0120. The maximum absolute atomic E-state index is 11.9. The molecule has 3 N–H and O–H groups in total. The second kappa shape index (κ2) is 10.9. The van der Waals surface area contributed by atoms with Gasteiger partial charge < -0.3 is 24.9 Å². The number of ether oxygens (including phenoxy) is 2. The number of carbonyl (C=O) groups is 1. The van der Waals surface area contributed by atoms with Crippen molar-refractivity contribution >= 4 is 5.91 Å². The number of aliphatic hydroxyl groups excluding tert-OH is 1. The zero-order valence-electron chi connectivity index (χ0n) is 16.9. The molecule has 1 unspecified atom stereocenters. The van der Waals surface area contributed by atoms with Crippen LogP contribution in [0.2, 0.25) is 0 Å². The topological polar surface area (TPSA) is 99.7 Å². The quantitative estimate of drug-likeness (QED) is 0.525. The van der Waals surface area contributed by atoms with Crippen LogP contribution in [-0.2, 0) is 22.6 Å². The largest absolute Gasteiger partial charge is 0.484 e. The van der Waals surface area contributed by atoms with Crippen LogP contribution in [0.4, 0.5) is 0 Å². The number of benzene rings is 1. The number of rotatable bonds is 11. The van der Waals surface area contributed by atoms with Gasteiger partial charge in [-0.1, -0.05) is 12.1 Å². The fraction of sp³-hybridized carbons (Fsp3) is 0.524. The molecule has 1 atom stereocenters. The second-order valence-electron chi connectivity index (χ2n) is 7.30. The predicted octanol–water partition coefficient (Wildman–Crippen LogP) is 1.39. The van der Waals surface area contributed by atoms with Crippen LogP contribution in [-0.4, -0.2) is 64.9 Å². The third kappa shape index (κ3) is 7.16. The molecule has 8 nitrogen and oxygen atoms in total. The lowest BCUT2D eigenvalue weighted by molar-refractivity contribution is -0.123. The standard InChI is InChI=1S/C21H30N4O4/c1-16-22-11-18(24-16)14-25(8-9-26)13-17-4-6-19(7-5-17)29-15-21(27)23-12-20-3-2-10-28-20/h4-7,11,20,26H,2-3,8-10,12-15H2,1H3,(H,22,24)(H,23,27). The molecule has 0 bridgehead atoms. The van der Waals surface area contributed by atoms with Gasteiger partial charge in [0.1, 0.15) is 11.6 Å². The molecular formula is C21H30N4O4. The molecule has 3 rings (SSSR count). The summed E-state index contributed by atoms with van der Waals surface area (Å²) in [6.07, 6.45) is 4.00. The van der Waals surface area contributed by atoms with E-state index in [4.69, 9.17) is 9.47 Å². The normalized spacial score (nSPS) is 16.3. The molecule has 2 aromatic rings. The number of hydrogen-bond acceptors (Lipinski definition) is 6. The van der Waals surface area contributed by atoms with Gasteiger partial charge in [0.15, 0.2) is 6.61 Å². The molecular weight excluding hydrogens is 372 g/mol. The summed E-state index contributed by atoms with van der Waals surface area (Å²) in [5.74, 6) is 1.39. The molecule has 0 radical (unpaired) electrons. The summed E-state index contributed by atoms with van der Waals surface area (Å²) < 4.78 is 11.1. The summed E-state index contributed by atoms with van der Waals surface area (Å²) in [5, 5.41) is 12.2. The highest BCUT2D eigenvalue weighted by atomic mass is 16.5. The Morgan fingerprint density at radius 1 is 1.38 bits per heavy atom. The number of aromatic amines is 1. The van der Waals surface area contributed by atoms with E-state index in [-0.39, 0.29) is 25.2 Å². The zero-order valence-corrected chi connectivity index (χ0v) is 16.9. The van der Waals surface area contributed by atoms with E-state index < -0.39 is 0 Å². The summed E-state index contributed by atoms with van der Waals surface area (Å²) in [5.41, 5.74) is 2.12. The fourth-order valence-electron chi connectivity index (χ4n) is 3.33. The predicted molar refractivity (Wildman–Crippen MR) is 108 cm³/mol. The molecule has 0 aliphatic carbocycles. The van der Waals surface area contributed by atoms with Crippen LogP contribution in [0.25, 0.3) is 0 Å². The number of aromatic nitrogens is 2. The van der Waals surface area contributed by atoms with E-state index in [1.54, 1.807) is 0 Å². The van der Waals surface area contributed by atoms with Crippen molar-refractivity contribution in [3.63, 3.8) is 0 Å². The molecule has 158 valence electrons. The van der Waals surface area contributed by atoms with Crippen LogP contribution in [0.1, 0.15) is 29.9 Å². The van der Waals surface area contributed by atoms with Crippen molar-refractivity contribution in [2.75, 3.05) is 32.9 Å². The van der Waals surface area contributed by atoms with Crippen molar-refractivity contribution in [2.45, 2.75) is 39.0 Å². The average molecular weight is 402 g/mol. The lowest BCUT2D eigenvalue weighted by atomic mass is 10.2. The highest BCUT2D eigenvalue weighted by molar-refractivity contribution is 5.77. The van der Waals surface area contributed by atoms with Crippen LogP contribution >= 0.6 is 0 Å². The van der Waals surface area contributed by atoms with E-state index >= 15 is 0 Å². The monoisotopic (exact) mass is 402 g/mol. The number of H-pyrrole nitrogens is 1. The summed E-state index contributed by atoms with van der Waals surface area (Å²) in [6.45, 7) is 5.27. The van der Waals surface area contributed by atoms with Gasteiger partial charge in [0.05, 0.1) is 12.7 Å². The molecule has 1 amide bonds. The lowest BCUT2D eigenvalue weighted by Gasteiger charge is -2.20. The third-order valence-corrected chi connectivity index (χ3v) is 4.82. The first-order valence-corrected chi connectivity index (χ1v) is 10.1. The highest BCUT2D eigenvalue weighted by Gasteiger charge is 2.16. The average Bonchev–Trinajstić information content (AvgIpc) is 3.38. The first kappa shape index (κ1) is 21.3. The maximum atomic E-state index is 11.9. The molecule has 8 heteroatoms. The Morgan fingerprint density at radius 3 is 2.86 bits per heavy atom. The molecule has 1 aliphatic rings. The van der Waals surface area contributed by atoms with Gasteiger partial charge in [0.2, 0.25) is 0 Å². The highest BCUT2D eigenvalue weighted by Crippen LogP contribution is 2.15. The van der Waals surface area contributed by atoms with Crippen molar-refractivity contribution in [1.29, 1.82) is 0 Å². The summed E-state index contributed by atoms with van der Waals surface area (Å²) in [6, 6.07) is 7.67. The minimum Gasteiger partial charge on any atom is -0.484 e. The summed E-state index contributed by atoms with van der Waals surface area (Å²) in [4.78, 5) is 21.5. The van der Waals surface area contributed by atoms with Crippen LogP contribution in [0, 0.1) is 6.92 Å². The van der Waals surface area contributed by atoms with Gasteiger partial charge in [0, 0.05) is 44.7 Å². The third-order valence-electron chi connectivity index (χ3n) is 4.82. The Labute approximate surface area is 171 Å². The van der Waals surface area contributed by atoms with E-state index in [0.29, 0.717) is 31.9 Å². The van der Waals surface area contributed by atoms with Crippen LogP contribution < -0.4 is 10.1 Å².